The van der Waals surface area contributed by atoms with Crippen molar-refractivity contribution in [3.63, 3.8) is 0 Å². The molecule has 0 saturated heterocycles. The number of benzene rings is 1. The lowest BCUT2D eigenvalue weighted by atomic mass is 9.95. The molecule has 0 aliphatic carbocycles. The summed E-state index contributed by atoms with van der Waals surface area (Å²) in [4.78, 5) is 0. The Hall–Kier alpha value is -1.06. The van der Waals surface area contributed by atoms with Crippen LogP contribution in [0.3, 0.4) is 0 Å². The molecule has 3 heteroatoms. The molecule has 1 atom stereocenters. The standard InChI is InChI=1S/C13H19NO2/c1-9-7-10-3-2-6-16-13(10)11(8-9)12(15)4-5-14/h7-8,12,15H,2-6,14H2,1H3. The van der Waals surface area contributed by atoms with Crippen LogP contribution in [0.2, 0.25) is 0 Å². The number of fused-ring (bicyclic) bond motifs is 1. The maximum atomic E-state index is 10.0. The lowest BCUT2D eigenvalue weighted by molar-refractivity contribution is 0.162. The normalized spacial score (nSPS) is 16.4. The van der Waals surface area contributed by atoms with Crippen molar-refractivity contribution in [2.75, 3.05) is 13.2 Å². The lowest BCUT2D eigenvalue weighted by Crippen LogP contribution is -2.14. The van der Waals surface area contributed by atoms with Crippen LogP contribution in [0, 0.1) is 6.92 Å². The zero-order valence-corrected chi connectivity index (χ0v) is 9.70. The fraction of sp³-hybridized carbons (Fsp3) is 0.538. The maximum absolute atomic E-state index is 10.0. The Morgan fingerprint density at radius 2 is 2.31 bits per heavy atom. The van der Waals surface area contributed by atoms with Crippen molar-refractivity contribution in [1.29, 1.82) is 0 Å². The molecule has 0 amide bonds. The summed E-state index contributed by atoms with van der Waals surface area (Å²) in [5, 5.41) is 10.0. The molecule has 1 heterocycles. The first-order valence-corrected chi connectivity index (χ1v) is 5.86. The van der Waals surface area contributed by atoms with Gasteiger partial charge in [0.25, 0.3) is 0 Å². The highest BCUT2D eigenvalue weighted by atomic mass is 16.5. The number of hydrogen-bond acceptors (Lipinski definition) is 3. The van der Waals surface area contributed by atoms with Gasteiger partial charge in [-0.1, -0.05) is 11.6 Å². The van der Waals surface area contributed by atoms with Gasteiger partial charge in [-0.3, -0.25) is 0 Å². The SMILES string of the molecule is Cc1cc2c(c(C(O)CCN)c1)OCCC2. The monoisotopic (exact) mass is 221 g/mol. The summed E-state index contributed by atoms with van der Waals surface area (Å²) in [6, 6.07) is 4.15. The summed E-state index contributed by atoms with van der Waals surface area (Å²) in [7, 11) is 0. The van der Waals surface area contributed by atoms with Crippen LogP contribution in [0.1, 0.15) is 35.6 Å². The number of nitrogens with two attached hydrogens (primary N) is 1. The zero-order chi connectivity index (χ0) is 11.5. The largest absolute Gasteiger partial charge is 0.493 e. The van der Waals surface area contributed by atoms with Gasteiger partial charge < -0.3 is 15.6 Å². The Labute approximate surface area is 96.2 Å². The van der Waals surface area contributed by atoms with Gasteiger partial charge in [0, 0.05) is 5.56 Å². The molecule has 1 aliphatic rings. The predicted octanol–water partition coefficient (Wildman–Crippen LogP) is 1.70. The van der Waals surface area contributed by atoms with Crippen molar-refractivity contribution in [1.82, 2.24) is 0 Å². The molecule has 0 saturated carbocycles. The minimum absolute atomic E-state index is 0.490. The van der Waals surface area contributed by atoms with E-state index in [2.05, 4.69) is 6.07 Å². The minimum Gasteiger partial charge on any atom is -0.493 e. The average Bonchev–Trinajstić information content (AvgIpc) is 2.28. The highest BCUT2D eigenvalue weighted by Gasteiger charge is 2.19. The lowest BCUT2D eigenvalue weighted by Gasteiger charge is -2.23. The molecule has 0 radical (unpaired) electrons. The van der Waals surface area contributed by atoms with Crippen LogP contribution in [-0.2, 0) is 6.42 Å². The van der Waals surface area contributed by atoms with E-state index in [-0.39, 0.29) is 0 Å². The average molecular weight is 221 g/mol. The minimum atomic E-state index is -0.503. The summed E-state index contributed by atoms with van der Waals surface area (Å²) in [6.45, 7) is 3.29. The molecule has 3 N–H and O–H groups in total. The highest BCUT2D eigenvalue weighted by Crippen LogP contribution is 2.35. The Bertz CT molecular complexity index is 376. The molecular formula is C13H19NO2. The first kappa shape index (κ1) is 11.4. The second kappa shape index (κ2) is 4.85. The van der Waals surface area contributed by atoms with Gasteiger partial charge in [-0.2, -0.15) is 0 Å². The van der Waals surface area contributed by atoms with E-state index < -0.39 is 6.10 Å². The number of ether oxygens (including phenoxy) is 1. The van der Waals surface area contributed by atoms with Crippen molar-refractivity contribution in [2.45, 2.75) is 32.3 Å². The first-order chi connectivity index (χ1) is 7.72. The predicted molar refractivity (Wildman–Crippen MR) is 63.6 cm³/mol. The summed E-state index contributed by atoms with van der Waals surface area (Å²) in [5.41, 5.74) is 8.78. The molecule has 1 aromatic rings. The third-order valence-corrected chi connectivity index (χ3v) is 2.97. The van der Waals surface area contributed by atoms with Gasteiger partial charge in [-0.05, 0) is 44.4 Å². The van der Waals surface area contributed by atoms with Gasteiger partial charge >= 0.3 is 0 Å². The van der Waals surface area contributed by atoms with Crippen LogP contribution < -0.4 is 10.5 Å². The molecule has 0 spiro atoms. The highest BCUT2D eigenvalue weighted by molar-refractivity contribution is 5.46. The molecule has 2 rings (SSSR count). The van der Waals surface area contributed by atoms with E-state index >= 15 is 0 Å². The third kappa shape index (κ3) is 2.20. The van der Waals surface area contributed by atoms with E-state index in [1.165, 1.54) is 11.1 Å². The third-order valence-electron chi connectivity index (χ3n) is 2.97. The van der Waals surface area contributed by atoms with E-state index in [0.29, 0.717) is 13.0 Å². The second-order valence-electron chi connectivity index (χ2n) is 4.39. The van der Waals surface area contributed by atoms with Gasteiger partial charge in [0.1, 0.15) is 5.75 Å². The van der Waals surface area contributed by atoms with Crippen LogP contribution in [-0.4, -0.2) is 18.3 Å². The van der Waals surface area contributed by atoms with E-state index in [4.69, 9.17) is 10.5 Å². The van der Waals surface area contributed by atoms with Crippen LogP contribution >= 0.6 is 0 Å². The first-order valence-electron chi connectivity index (χ1n) is 5.86. The Kier molecular flexibility index (Phi) is 3.46. The second-order valence-corrected chi connectivity index (χ2v) is 4.39. The number of aliphatic hydroxyl groups is 1. The summed E-state index contributed by atoms with van der Waals surface area (Å²) < 4.78 is 5.68. The summed E-state index contributed by atoms with van der Waals surface area (Å²) >= 11 is 0. The van der Waals surface area contributed by atoms with Crippen molar-refractivity contribution in [3.05, 3.63) is 28.8 Å². The molecule has 0 fully saturated rings. The number of rotatable bonds is 3. The van der Waals surface area contributed by atoms with Crippen LogP contribution in [0.5, 0.6) is 5.75 Å². The Morgan fingerprint density at radius 1 is 1.50 bits per heavy atom. The van der Waals surface area contributed by atoms with Crippen molar-refractivity contribution in [3.8, 4) is 5.75 Å². The number of aryl methyl sites for hydroxylation is 2. The van der Waals surface area contributed by atoms with E-state index in [9.17, 15) is 5.11 Å². The van der Waals surface area contributed by atoms with Crippen molar-refractivity contribution in [2.24, 2.45) is 5.73 Å². The van der Waals surface area contributed by atoms with Gasteiger partial charge in [-0.25, -0.2) is 0 Å². The van der Waals surface area contributed by atoms with Gasteiger partial charge in [0.2, 0.25) is 0 Å². The van der Waals surface area contributed by atoms with Gasteiger partial charge in [0.05, 0.1) is 12.7 Å². The van der Waals surface area contributed by atoms with E-state index in [0.717, 1.165) is 30.8 Å². The molecule has 1 unspecified atom stereocenters. The van der Waals surface area contributed by atoms with Crippen molar-refractivity contribution < 1.29 is 9.84 Å². The molecule has 88 valence electrons. The zero-order valence-electron chi connectivity index (χ0n) is 9.70. The molecule has 1 aromatic carbocycles. The molecule has 0 aromatic heterocycles. The van der Waals surface area contributed by atoms with Crippen LogP contribution in [0.25, 0.3) is 0 Å². The maximum Gasteiger partial charge on any atom is 0.128 e. The fourth-order valence-corrected chi connectivity index (χ4v) is 2.24. The molecule has 0 bridgehead atoms. The fourth-order valence-electron chi connectivity index (χ4n) is 2.24. The van der Waals surface area contributed by atoms with E-state index in [1.54, 1.807) is 0 Å². The Morgan fingerprint density at radius 3 is 3.06 bits per heavy atom. The van der Waals surface area contributed by atoms with E-state index in [1.807, 2.05) is 13.0 Å². The van der Waals surface area contributed by atoms with Crippen LogP contribution in [0.4, 0.5) is 0 Å². The number of hydrogen-bond donors (Lipinski definition) is 2. The summed E-state index contributed by atoms with van der Waals surface area (Å²) in [5.74, 6) is 0.887. The number of aliphatic hydroxyl groups excluding tert-OH is 1. The van der Waals surface area contributed by atoms with Gasteiger partial charge in [0.15, 0.2) is 0 Å². The molecule has 16 heavy (non-hydrogen) atoms. The molecular weight excluding hydrogens is 202 g/mol. The quantitative estimate of drug-likeness (QED) is 0.817. The van der Waals surface area contributed by atoms with Gasteiger partial charge in [-0.15, -0.1) is 0 Å². The van der Waals surface area contributed by atoms with Crippen molar-refractivity contribution >= 4 is 0 Å². The summed E-state index contributed by atoms with van der Waals surface area (Å²) in [6.07, 6.45) is 2.18. The molecule has 1 aliphatic heterocycles. The topological polar surface area (TPSA) is 55.5 Å². The molecule has 3 nitrogen and oxygen atoms in total. The smallest absolute Gasteiger partial charge is 0.128 e. The van der Waals surface area contributed by atoms with Crippen LogP contribution in [0.15, 0.2) is 12.1 Å². The Balaban J connectivity index is 2.38.